The molecule has 0 amide bonds. The van der Waals surface area contributed by atoms with Crippen molar-refractivity contribution in [2.24, 2.45) is 0 Å². The lowest BCUT2D eigenvalue weighted by Gasteiger charge is -2.07. The van der Waals surface area contributed by atoms with Gasteiger partial charge in [-0.05, 0) is 52.9 Å². The average Bonchev–Trinajstić information content (AvgIpc) is 2.77. The van der Waals surface area contributed by atoms with Gasteiger partial charge >= 0.3 is 0 Å². The zero-order chi connectivity index (χ0) is 12.5. The van der Waals surface area contributed by atoms with Crippen LogP contribution in [-0.2, 0) is 5.88 Å². The number of nitrogens with zero attached hydrogens (tertiary/aromatic N) is 3. The van der Waals surface area contributed by atoms with Crippen molar-refractivity contribution >= 4 is 45.4 Å². The molecule has 3 nitrogen and oxygen atoms in total. The number of imidazole rings is 1. The summed E-state index contributed by atoms with van der Waals surface area (Å²) in [6, 6.07) is 12.0. The average molecular weight is 370 g/mol. The fraction of sp³-hybridized carbons (Fsp3) is 0.0769. The summed E-state index contributed by atoms with van der Waals surface area (Å²) in [7, 11) is 0. The van der Waals surface area contributed by atoms with Crippen LogP contribution < -0.4 is 0 Å². The predicted molar refractivity (Wildman–Crippen MR) is 81.1 cm³/mol. The highest BCUT2D eigenvalue weighted by Crippen LogP contribution is 2.22. The first-order valence-electron chi connectivity index (χ1n) is 5.44. The normalized spacial score (nSPS) is 11.0. The number of hydrogen-bond donors (Lipinski definition) is 0. The molecule has 18 heavy (non-hydrogen) atoms. The van der Waals surface area contributed by atoms with Crippen molar-refractivity contribution in [3.8, 4) is 5.69 Å². The Kier molecular flexibility index (Phi) is 3.22. The molecular formula is C13H9ClIN3. The highest BCUT2D eigenvalue weighted by molar-refractivity contribution is 14.1. The largest absolute Gasteiger partial charge is 0.280 e. The summed E-state index contributed by atoms with van der Waals surface area (Å²) in [5, 5.41) is 0. The van der Waals surface area contributed by atoms with Gasteiger partial charge in [0.1, 0.15) is 11.3 Å². The molecule has 0 aliphatic carbocycles. The minimum absolute atomic E-state index is 0.363. The number of hydrogen-bond acceptors (Lipinski definition) is 2. The topological polar surface area (TPSA) is 30.7 Å². The molecule has 3 rings (SSSR count). The lowest BCUT2D eigenvalue weighted by molar-refractivity contribution is 0.969. The van der Waals surface area contributed by atoms with Crippen molar-refractivity contribution in [1.29, 1.82) is 0 Å². The monoisotopic (exact) mass is 369 g/mol. The minimum Gasteiger partial charge on any atom is -0.280 e. The number of halogens is 2. The quantitative estimate of drug-likeness (QED) is 0.509. The summed E-state index contributed by atoms with van der Waals surface area (Å²) in [6.45, 7) is 0. The second kappa shape index (κ2) is 4.85. The molecule has 2 heterocycles. The van der Waals surface area contributed by atoms with Gasteiger partial charge in [0, 0.05) is 15.5 Å². The predicted octanol–water partition coefficient (Wildman–Crippen LogP) is 3.76. The van der Waals surface area contributed by atoms with Gasteiger partial charge in [-0.2, -0.15) is 0 Å². The lowest BCUT2D eigenvalue weighted by Crippen LogP contribution is -2.00. The van der Waals surface area contributed by atoms with Crippen LogP contribution in [-0.4, -0.2) is 14.5 Å². The Morgan fingerprint density at radius 1 is 1.22 bits per heavy atom. The number of fused-ring (bicyclic) bond motifs is 1. The SMILES string of the molecule is ClCc1nc2cccnc2n1-c1cccc(I)c1. The molecule has 0 saturated carbocycles. The Labute approximate surface area is 123 Å². The van der Waals surface area contributed by atoms with Crippen molar-refractivity contribution in [3.05, 3.63) is 52.0 Å². The van der Waals surface area contributed by atoms with E-state index >= 15 is 0 Å². The van der Waals surface area contributed by atoms with Crippen LogP contribution >= 0.6 is 34.2 Å². The van der Waals surface area contributed by atoms with E-state index < -0.39 is 0 Å². The summed E-state index contributed by atoms with van der Waals surface area (Å²) in [5.41, 5.74) is 2.75. The van der Waals surface area contributed by atoms with E-state index in [0.717, 1.165) is 22.7 Å². The first kappa shape index (κ1) is 11.9. The van der Waals surface area contributed by atoms with E-state index in [1.165, 1.54) is 3.57 Å². The fourth-order valence-corrected chi connectivity index (χ4v) is 2.64. The molecule has 3 aromatic rings. The Hall–Kier alpha value is -1.14. The molecule has 0 unspecified atom stereocenters. The molecule has 0 fully saturated rings. The molecule has 2 aromatic heterocycles. The third kappa shape index (κ3) is 1.99. The van der Waals surface area contributed by atoms with Crippen molar-refractivity contribution in [1.82, 2.24) is 14.5 Å². The summed E-state index contributed by atoms with van der Waals surface area (Å²) in [4.78, 5) is 8.90. The van der Waals surface area contributed by atoms with Crippen molar-refractivity contribution in [3.63, 3.8) is 0 Å². The van der Waals surface area contributed by atoms with Crippen LogP contribution in [0.5, 0.6) is 0 Å². The lowest BCUT2D eigenvalue weighted by atomic mass is 10.3. The molecule has 0 saturated heterocycles. The molecule has 0 bridgehead atoms. The zero-order valence-corrected chi connectivity index (χ0v) is 12.3. The molecule has 0 radical (unpaired) electrons. The van der Waals surface area contributed by atoms with Crippen LogP contribution in [0.4, 0.5) is 0 Å². The Bertz CT molecular complexity index is 708. The summed E-state index contributed by atoms with van der Waals surface area (Å²) in [6.07, 6.45) is 1.77. The van der Waals surface area contributed by atoms with Crippen LogP contribution in [0.3, 0.4) is 0 Å². The van der Waals surface area contributed by atoms with Crippen molar-refractivity contribution < 1.29 is 0 Å². The molecule has 0 spiro atoms. The maximum Gasteiger partial charge on any atom is 0.164 e. The van der Waals surface area contributed by atoms with Crippen LogP contribution in [0.2, 0.25) is 0 Å². The smallest absolute Gasteiger partial charge is 0.164 e. The van der Waals surface area contributed by atoms with Gasteiger partial charge in [0.25, 0.3) is 0 Å². The van der Waals surface area contributed by atoms with Gasteiger partial charge in [0.2, 0.25) is 0 Å². The highest BCUT2D eigenvalue weighted by atomic mass is 127. The molecule has 5 heteroatoms. The molecule has 0 atom stereocenters. The Morgan fingerprint density at radius 2 is 2.11 bits per heavy atom. The highest BCUT2D eigenvalue weighted by Gasteiger charge is 2.12. The first-order chi connectivity index (χ1) is 8.79. The standard InChI is InChI=1S/C13H9ClIN3/c14-8-12-17-11-5-2-6-16-13(11)18(12)10-4-1-3-9(15)7-10/h1-7H,8H2. The number of rotatable bonds is 2. The summed E-state index contributed by atoms with van der Waals surface area (Å²) in [5.74, 6) is 1.18. The molecular weight excluding hydrogens is 361 g/mol. The van der Waals surface area contributed by atoms with E-state index in [2.05, 4.69) is 44.7 Å². The van der Waals surface area contributed by atoms with Gasteiger partial charge in [-0.1, -0.05) is 6.07 Å². The third-order valence-electron chi connectivity index (χ3n) is 2.67. The Balaban J connectivity index is 2.33. The van der Waals surface area contributed by atoms with Gasteiger partial charge < -0.3 is 0 Å². The number of benzene rings is 1. The maximum absolute atomic E-state index is 5.98. The fourth-order valence-electron chi connectivity index (χ4n) is 1.94. The summed E-state index contributed by atoms with van der Waals surface area (Å²) >= 11 is 8.27. The van der Waals surface area contributed by atoms with Gasteiger partial charge in [-0.3, -0.25) is 4.57 Å². The summed E-state index contributed by atoms with van der Waals surface area (Å²) < 4.78 is 3.17. The molecule has 0 aliphatic rings. The van der Waals surface area contributed by atoms with Crippen molar-refractivity contribution in [2.75, 3.05) is 0 Å². The number of aromatic nitrogens is 3. The van der Waals surface area contributed by atoms with E-state index in [-0.39, 0.29) is 0 Å². The second-order valence-corrected chi connectivity index (χ2v) is 5.34. The minimum atomic E-state index is 0.363. The first-order valence-corrected chi connectivity index (χ1v) is 7.05. The Morgan fingerprint density at radius 3 is 2.89 bits per heavy atom. The number of alkyl halides is 1. The molecule has 1 aromatic carbocycles. The van der Waals surface area contributed by atoms with Crippen LogP contribution in [0, 0.1) is 3.57 Å². The van der Waals surface area contributed by atoms with E-state index in [9.17, 15) is 0 Å². The number of pyridine rings is 1. The van der Waals surface area contributed by atoms with Gasteiger partial charge in [-0.25, -0.2) is 9.97 Å². The van der Waals surface area contributed by atoms with Crippen LogP contribution in [0.15, 0.2) is 42.6 Å². The zero-order valence-electron chi connectivity index (χ0n) is 9.35. The van der Waals surface area contributed by atoms with Gasteiger partial charge in [0.05, 0.1) is 5.88 Å². The maximum atomic E-state index is 5.98. The molecule has 90 valence electrons. The van der Waals surface area contributed by atoms with E-state index in [0.29, 0.717) is 5.88 Å². The van der Waals surface area contributed by atoms with E-state index in [1.54, 1.807) is 6.20 Å². The van der Waals surface area contributed by atoms with Gasteiger partial charge in [0.15, 0.2) is 5.65 Å². The van der Waals surface area contributed by atoms with Crippen molar-refractivity contribution in [2.45, 2.75) is 5.88 Å². The molecule has 0 N–H and O–H groups in total. The van der Waals surface area contributed by atoms with E-state index in [1.807, 2.05) is 28.8 Å². The van der Waals surface area contributed by atoms with Crippen LogP contribution in [0.25, 0.3) is 16.9 Å². The molecule has 0 aliphatic heterocycles. The van der Waals surface area contributed by atoms with Crippen LogP contribution in [0.1, 0.15) is 5.82 Å². The van der Waals surface area contributed by atoms with E-state index in [4.69, 9.17) is 11.6 Å². The van der Waals surface area contributed by atoms with Gasteiger partial charge in [-0.15, -0.1) is 11.6 Å². The second-order valence-electron chi connectivity index (χ2n) is 3.82. The third-order valence-corrected chi connectivity index (χ3v) is 3.58.